The number of hydrogen-bond donors (Lipinski definition) is 2. The molecule has 5 nitrogen and oxygen atoms in total. The van der Waals surface area contributed by atoms with Crippen LogP contribution in [0.5, 0.6) is 0 Å². The van der Waals surface area contributed by atoms with Crippen molar-refractivity contribution < 1.29 is 10.0 Å². The van der Waals surface area contributed by atoms with Crippen LogP contribution in [-0.4, -0.2) is 23.2 Å². The Bertz CT molecular complexity index is 421. The molecule has 1 aromatic carbocycles. The van der Waals surface area contributed by atoms with Gasteiger partial charge in [-0.2, -0.15) is 0 Å². The standard InChI is InChI=1S/C13H18N2O3/c14-8-12(13(9-16)6-1-7-13)10-2-4-11(5-3-10)15(17)18/h2-5,12,16H,1,6-9,14H2/t12-/m1/s1. The lowest BCUT2D eigenvalue weighted by molar-refractivity contribution is -0.384. The van der Waals surface area contributed by atoms with Crippen molar-refractivity contribution in [1.29, 1.82) is 0 Å². The molecule has 1 atom stereocenters. The van der Waals surface area contributed by atoms with E-state index >= 15 is 0 Å². The molecule has 98 valence electrons. The fraction of sp³-hybridized carbons (Fsp3) is 0.538. The number of benzene rings is 1. The fourth-order valence-electron chi connectivity index (χ4n) is 2.82. The average Bonchev–Trinajstić information content (AvgIpc) is 2.34. The molecule has 5 heteroatoms. The molecule has 1 saturated carbocycles. The maximum Gasteiger partial charge on any atom is 0.269 e. The van der Waals surface area contributed by atoms with Gasteiger partial charge in [-0.15, -0.1) is 0 Å². The first-order valence-electron chi connectivity index (χ1n) is 6.18. The van der Waals surface area contributed by atoms with E-state index in [0.717, 1.165) is 24.8 Å². The maximum absolute atomic E-state index is 10.6. The van der Waals surface area contributed by atoms with E-state index in [0.29, 0.717) is 6.54 Å². The van der Waals surface area contributed by atoms with E-state index in [1.807, 2.05) is 0 Å². The maximum atomic E-state index is 10.6. The van der Waals surface area contributed by atoms with Crippen molar-refractivity contribution >= 4 is 5.69 Å². The molecule has 0 heterocycles. The molecule has 0 unspecified atom stereocenters. The van der Waals surface area contributed by atoms with Gasteiger partial charge in [0.1, 0.15) is 0 Å². The number of nitro groups is 1. The Hall–Kier alpha value is -1.46. The lowest BCUT2D eigenvalue weighted by Crippen LogP contribution is -2.42. The van der Waals surface area contributed by atoms with Gasteiger partial charge < -0.3 is 10.8 Å². The number of aliphatic hydroxyl groups excluding tert-OH is 1. The Labute approximate surface area is 106 Å². The van der Waals surface area contributed by atoms with Crippen LogP contribution < -0.4 is 5.73 Å². The second kappa shape index (κ2) is 5.04. The molecule has 1 aliphatic rings. The summed E-state index contributed by atoms with van der Waals surface area (Å²) in [6.07, 6.45) is 3.06. The fourth-order valence-corrected chi connectivity index (χ4v) is 2.82. The summed E-state index contributed by atoms with van der Waals surface area (Å²) in [4.78, 5) is 10.2. The summed E-state index contributed by atoms with van der Waals surface area (Å²) in [6, 6.07) is 6.51. The summed E-state index contributed by atoms with van der Waals surface area (Å²) in [7, 11) is 0. The highest BCUT2D eigenvalue weighted by Gasteiger charge is 2.43. The number of nitrogens with two attached hydrogens (primary N) is 1. The molecular formula is C13H18N2O3. The van der Waals surface area contributed by atoms with Gasteiger partial charge in [-0.05, 0) is 24.9 Å². The highest BCUT2D eigenvalue weighted by molar-refractivity contribution is 5.35. The number of rotatable bonds is 5. The Kier molecular flexibility index (Phi) is 3.63. The molecular weight excluding hydrogens is 232 g/mol. The van der Waals surface area contributed by atoms with E-state index in [9.17, 15) is 15.2 Å². The minimum atomic E-state index is -0.410. The summed E-state index contributed by atoms with van der Waals surface area (Å²) in [5.41, 5.74) is 6.78. The van der Waals surface area contributed by atoms with Gasteiger partial charge in [0.15, 0.2) is 0 Å². The number of nitrogens with zero attached hydrogens (tertiary/aromatic N) is 1. The van der Waals surface area contributed by atoms with E-state index in [-0.39, 0.29) is 23.6 Å². The molecule has 1 fully saturated rings. The van der Waals surface area contributed by atoms with E-state index in [1.54, 1.807) is 12.1 Å². The Morgan fingerprint density at radius 2 is 2.00 bits per heavy atom. The van der Waals surface area contributed by atoms with Gasteiger partial charge in [0.2, 0.25) is 0 Å². The van der Waals surface area contributed by atoms with E-state index in [2.05, 4.69) is 0 Å². The second-order valence-corrected chi connectivity index (χ2v) is 5.01. The van der Waals surface area contributed by atoms with Crippen LogP contribution in [0.25, 0.3) is 0 Å². The topological polar surface area (TPSA) is 89.4 Å². The number of hydrogen-bond acceptors (Lipinski definition) is 4. The summed E-state index contributed by atoms with van der Waals surface area (Å²) in [6.45, 7) is 0.588. The molecule has 0 amide bonds. The lowest BCUT2D eigenvalue weighted by atomic mass is 9.60. The van der Waals surface area contributed by atoms with Gasteiger partial charge in [-0.25, -0.2) is 0 Å². The number of nitro benzene ring substituents is 1. The zero-order valence-corrected chi connectivity index (χ0v) is 10.2. The zero-order valence-electron chi connectivity index (χ0n) is 10.2. The predicted molar refractivity (Wildman–Crippen MR) is 68.3 cm³/mol. The van der Waals surface area contributed by atoms with Crippen molar-refractivity contribution in [2.45, 2.75) is 25.2 Å². The average molecular weight is 250 g/mol. The highest BCUT2D eigenvalue weighted by Crippen LogP contribution is 2.50. The Balaban J connectivity index is 2.25. The first kappa shape index (κ1) is 13.0. The van der Waals surface area contributed by atoms with Crippen LogP contribution in [0.4, 0.5) is 5.69 Å². The van der Waals surface area contributed by atoms with Gasteiger partial charge in [0.05, 0.1) is 4.92 Å². The molecule has 0 aliphatic heterocycles. The molecule has 0 radical (unpaired) electrons. The van der Waals surface area contributed by atoms with Crippen molar-refractivity contribution in [2.24, 2.45) is 11.1 Å². The molecule has 0 aromatic heterocycles. The van der Waals surface area contributed by atoms with Gasteiger partial charge in [-0.3, -0.25) is 10.1 Å². The van der Waals surface area contributed by atoms with E-state index in [1.165, 1.54) is 12.1 Å². The monoisotopic (exact) mass is 250 g/mol. The third-order valence-electron chi connectivity index (χ3n) is 4.15. The molecule has 1 aromatic rings. The summed E-state index contributed by atoms with van der Waals surface area (Å²) in [5.74, 6) is 0.0806. The smallest absolute Gasteiger partial charge is 0.269 e. The summed E-state index contributed by atoms with van der Waals surface area (Å²) >= 11 is 0. The highest BCUT2D eigenvalue weighted by atomic mass is 16.6. The van der Waals surface area contributed by atoms with Crippen LogP contribution in [-0.2, 0) is 0 Å². The van der Waals surface area contributed by atoms with E-state index in [4.69, 9.17) is 5.73 Å². The van der Waals surface area contributed by atoms with Gasteiger partial charge in [0.25, 0.3) is 5.69 Å². The minimum Gasteiger partial charge on any atom is -0.396 e. The molecule has 0 spiro atoms. The van der Waals surface area contributed by atoms with Crippen molar-refractivity contribution in [2.75, 3.05) is 13.2 Å². The first-order valence-corrected chi connectivity index (χ1v) is 6.18. The third kappa shape index (κ3) is 2.11. The zero-order chi connectivity index (χ0) is 13.2. The molecule has 18 heavy (non-hydrogen) atoms. The van der Waals surface area contributed by atoms with Gasteiger partial charge in [0, 0.05) is 30.1 Å². The first-order chi connectivity index (χ1) is 8.63. The van der Waals surface area contributed by atoms with Gasteiger partial charge >= 0.3 is 0 Å². The van der Waals surface area contributed by atoms with Crippen molar-refractivity contribution in [3.63, 3.8) is 0 Å². The number of non-ortho nitro benzene ring substituents is 1. The summed E-state index contributed by atoms with van der Waals surface area (Å²) < 4.78 is 0. The Morgan fingerprint density at radius 3 is 2.33 bits per heavy atom. The van der Waals surface area contributed by atoms with Crippen LogP contribution in [0.2, 0.25) is 0 Å². The molecule has 3 N–H and O–H groups in total. The molecule has 1 aliphatic carbocycles. The minimum absolute atomic E-state index is 0.0806. The molecule has 0 bridgehead atoms. The van der Waals surface area contributed by atoms with Crippen molar-refractivity contribution in [3.8, 4) is 0 Å². The lowest BCUT2D eigenvalue weighted by Gasteiger charge is -2.46. The van der Waals surface area contributed by atoms with Crippen LogP contribution >= 0.6 is 0 Å². The van der Waals surface area contributed by atoms with Crippen LogP contribution in [0.3, 0.4) is 0 Å². The number of aliphatic hydroxyl groups is 1. The third-order valence-corrected chi connectivity index (χ3v) is 4.15. The normalized spacial score (nSPS) is 19.0. The van der Waals surface area contributed by atoms with Gasteiger partial charge in [-0.1, -0.05) is 18.6 Å². The summed E-state index contributed by atoms with van der Waals surface area (Å²) in [5, 5.41) is 20.2. The molecule has 0 saturated heterocycles. The Morgan fingerprint density at radius 1 is 1.39 bits per heavy atom. The van der Waals surface area contributed by atoms with Crippen LogP contribution in [0.15, 0.2) is 24.3 Å². The predicted octanol–water partition coefficient (Wildman–Crippen LogP) is 1.80. The van der Waals surface area contributed by atoms with Crippen LogP contribution in [0.1, 0.15) is 30.7 Å². The molecule has 2 rings (SSSR count). The van der Waals surface area contributed by atoms with E-state index < -0.39 is 4.92 Å². The second-order valence-electron chi connectivity index (χ2n) is 5.01. The quantitative estimate of drug-likeness (QED) is 0.616. The van der Waals surface area contributed by atoms with Crippen molar-refractivity contribution in [3.05, 3.63) is 39.9 Å². The van der Waals surface area contributed by atoms with Crippen molar-refractivity contribution in [1.82, 2.24) is 0 Å². The van der Waals surface area contributed by atoms with Crippen LogP contribution in [0, 0.1) is 15.5 Å². The SMILES string of the molecule is NC[C@H](c1ccc([N+](=O)[O-])cc1)C1(CO)CCC1. The largest absolute Gasteiger partial charge is 0.396 e.